The average molecular weight is 183 g/mol. The first kappa shape index (κ1) is 10.1. The van der Waals surface area contributed by atoms with E-state index in [4.69, 9.17) is 10.2 Å². The fraction of sp³-hybridized carbons (Fsp3) is 0.333. The van der Waals surface area contributed by atoms with Gasteiger partial charge < -0.3 is 15.3 Å². The standard InChI is InChI=1S/C9H13NO3/c1-10-9(13,8(11)12)7-5-3-2-4-6-7/h2-6,8,10-13H,1H3. The molecule has 13 heavy (non-hydrogen) atoms. The summed E-state index contributed by atoms with van der Waals surface area (Å²) < 4.78 is 0. The summed E-state index contributed by atoms with van der Waals surface area (Å²) in [6, 6.07) is 8.41. The first-order valence-corrected chi connectivity index (χ1v) is 3.94. The molecule has 0 saturated heterocycles. The van der Waals surface area contributed by atoms with Gasteiger partial charge in [0.15, 0.2) is 12.0 Å². The summed E-state index contributed by atoms with van der Waals surface area (Å²) in [5.74, 6) is 0. The zero-order valence-electron chi connectivity index (χ0n) is 7.31. The molecule has 1 unspecified atom stereocenters. The Bertz CT molecular complexity index is 263. The summed E-state index contributed by atoms with van der Waals surface area (Å²) in [5.41, 5.74) is -1.39. The van der Waals surface area contributed by atoms with Gasteiger partial charge in [0.1, 0.15) is 0 Å². The van der Waals surface area contributed by atoms with Gasteiger partial charge in [-0.2, -0.15) is 0 Å². The van der Waals surface area contributed by atoms with Crippen LogP contribution >= 0.6 is 0 Å². The minimum Gasteiger partial charge on any atom is -0.367 e. The summed E-state index contributed by atoms with van der Waals surface area (Å²) in [6.07, 6.45) is -1.86. The molecule has 1 aromatic carbocycles. The molecule has 4 N–H and O–H groups in total. The Morgan fingerprint density at radius 2 is 1.77 bits per heavy atom. The fourth-order valence-corrected chi connectivity index (χ4v) is 1.11. The lowest BCUT2D eigenvalue weighted by Crippen LogP contribution is -2.50. The Kier molecular flexibility index (Phi) is 3.00. The highest BCUT2D eigenvalue weighted by atomic mass is 16.5. The Hall–Kier alpha value is -0.940. The third-order valence-electron chi connectivity index (χ3n) is 1.97. The SMILES string of the molecule is CNC(O)(c1ccccc1)C(O)O. The normalized spacial score (nSPS) is 15.8. The van der Waals surface area contributed by atoms with Crippen LogP contribution in [-0.2, 0) is 5.72 Å². The van der Waals surface area contributed by atoms with Crippen molar-refractivity contribution in [3.05, 3.63) is 35.9 Å². The molecule has 4 nitrogen and oxygen atoms in total. The maximum absolute atomic E-state index is 9.76. The molecule has 0 aliphatic heterocycles. The number of likely N-dealkylation sites (N-methyl/N-ethyl adjacent to an activating group) is 1. The highest BCUT2D eigenvalue weighted by Gasteiger charge is 2.34. The van der Waals surface area contributed by atoms with Crippen molar-refractivity contribution in [2.24, 2.45) is 0 Å². The molecular weight excluding hydrogens is 170 g/mol. The molecule has 0 fully saturated rings. The molecule has 0 aliphatic carbocycles. The topological polar surface area (TPSA) is 72.7 Å². The molecule has 4 heteroatoms. The largest absolute Gasteiger partial charge is 0.367 e. The van der Waals surface area contributed by atoms with E-state index in [2.05, 4.69) is 5.32 Å². The minimum absolute atomic E-state index is 0.410. The third kappa shape index (κ3) is 1.87. The first-order valence-electron chi connectivity index (χ1n) is 3.94. The van der Waals surface area contributed by atoms with Crippen LogP contribution in [0.2, 0.25) is 0 Å². The Labute approximate surface area is 76.5 Å². The van der Waals surface area contributed by atoms with Crippen LogP contribution in [0.1, 0.15) is 5.56 Å². The number of rotatable bonds is 3. The molecule has 1 atom stereocenters. The molecule has 0 saturated carbocycles. The van der Waals surface area contributed by atoms with Gasteiger partial charge in [0.2, 0.25) is 0 Å². The average Bonchev–Trinajstić information content (AvgIpc) is 2.17. The number of aliphatic hydroxyl groups excluding tert-OH is 1. The van der Waals surface area contributed by atoms with Crippen molar-refractivity contribution in [3.8, 4) is 0 Å². The summed E-state index contributed by atoms with van der Waals surface area (Å²) in [7, 11) is 1.45. The summed E-state index contributed by atoms with van der Waals surface area (Å²) in [4.78, 5) is 0. The van der Waals surface area contributed by atoms with Crippen molar-refractivity contribution in [2.75, 3.05) is 7.05 Å². The van der Waals surface area contributed by atoms with Crippen LogP contribution in [0.15, 0.2) is 30.3 Å². The molecule has 0 spiro atoms. The monoisotopic (exact) mass is 183 g/mol. The van der Waals surface area contributed by atoms with E-state index in [0.717, 1.165) is 0 Å². The lowest BCUT2D eigenvalue weighted by molar-refractivity contribution is -0.202. The lowest BCUT2D eigenvalue weighted by Gasteiger charge is -2.29. The zero-order chi connectivity index (χ0) is 9.90. The van der Waals surface area contributed by atoms with E-state index < -0.39 is 12.0 Å². The highest BCUT2D eigenvalue weighted by Crippen LogP contribution is 2.19. The van der Waals surface area contributed by atoms with Gasteiger partial charge in [-0.05, 0) is 7.05 Å². The molecule has 1 aromatic rings. The lowest BCUT2D eigenvalue weighted by atomic mass is 10.0. The Balaban J connectivity index is 3.03. The maximum Gasteiger partial charge on any atom is 0.200 e. The van der Waals surface area contributed by atoms with Crippen molar-refractivity contribution in [1.82, 2.24) is 5.32 Å². The molecule has 0 radical (unpaired) electrons. The van der Waals surface area contributed by atoms with Gasteiger partial charge in [-0.15, -0.1) is 0 Å². The van der Waals surface area contributed by atoms with Gasteiger partial charge in [0.05, 0.1) is 0 Å². The third-order valence-corrected chi connectivity index (χ3v) is 1.97. The number of benzene rings is 1. The van der Waals surface area contributed by atoms with Gasteiger partial charge in [-0.3, -0.25) is 5.32 Å². The number of aliphatic hydroxyl groups is 3. The van der Waals surface area contributed by atoms with Crippen molar-refractivity contribution < 1.29 is 15.3 Å². The molecule has 1 rings (SSSR count). The van der Waals surface area contributed by atoms with Crippen LogP contribution in [-0.4, -0.2) is 28.7 Å². The number of hydrogen-bond acceptors (Lipinski definition) is 4. The molecule has 0 bridgehead atoms. The van der Waals surface area contributed by atoms with Crippen LogP contribution in [0.3, 0.4) is 0 Å². The van der Waals surface area contributed by atoms with Crippen molar-refractivity contribution >= 4 is 0 Å². The van der Waals surface area contributed by atoms with Gasteiger partial charge in [-0.25, -0.2) is 0 Å². The van der Waals surface area contributed by atoms with Gasteiger partial charge in [0, 0.05) is 5.56 Å². The first-order chi connectivity index (χ1) is 6.11. The molecule has 0 heterocycles. The minimum atomic E-state index is -1.86. The molecule has 0 amide bonds. The van der Waals surface area contributed by atoms with Gasteiger partial charge in [0.25, 0.3) is 0 Å². The Morgan fingerprint density at radius 1 is 1.23 bits per heavy atom. The van der Waals surface area contributed by atoms with Crippen LogP contribution in [0.5, 0.6) is 0 Å². The van der Waals surface area contributed by atoms with E-state index >= 15 is 0 Å². The van der Waals surface area contributed by atoms with Crippen LogP contribution in [0.4, 0.5) is 0 Å². The molecule has 0 aliphatic rings. The van der Waals surface area contributed by atoms with Gasteiger partial charge in [-0.1, -0.05) is 30.3 Å². The van der Waals surface area contributed by atoms with E-state index in [-0.39, 0.29) is 0 Å². The van der Waals surface area contributed by atoms with Crippen molar-refractivity contribution in [3.63, 3.8) is 0 Å². The summed E-state index contributed by atoms with van der Waals surface area (Å²) in [6.45, 7) is 0. The second-order valence-electron chi connectivity index (χ2n) is 2.76. The van der Waals surface area contributed by atoms with Crippen LogP contribution < -0.4 is 5.32 Å². The summed E-state index contributed by atoms with van der Waals surface area (Å²) >= 11 is 0. The smallest absolute Gasteiger partial charge is 0.200 e. The van der Waals surface area contributed by atoms with E-state index in [9.17, 15) is 5.11 Å². The second kappa shape index (κ2) is 3.85. The molecular formula is C9H13NO3. The maximum atomic E-state index is 9.76. The number of nitrogens with one attached hydrogen (secondary N) is 1. The number of hydrogen-bond donors (Lipinski definition) is 4. The van der Waals surface area contributed by atoms with E-state index in [1.54, 1.807) is 30.3 Å². The quantitative estimate of drug-likeness (QED) is 0.470. The predicted octanol–water partition coefficient (Wildman–Crippen LogP) is -0.638. The summed E-state index contributed by atoms with van der Waals surface area (Å²) in [5, 5.41) is 30.1. The Morgan fingerprint density at radius 3 is 2.15 bits per heavy atom. The van der Waals surface area contributed by atoms with Gasteiger partial charge >= 0.3 is 0 Å². The van der Waals surface area contributed by atoms with E-state index in [1.807, 2.05) is 0 Å². The highest BCUT2D eigenvalue weighted by molar-refractivity contribution is 5.21. The molecule has 0 aromatic heterocycles. The molecule has 72 valence electrons. The zero-order valence-corrected chi connectivity index (χ0v) is 7.31. The second-order valence-corrected chi connectivity index (χ2v) is 2.76. The van der Waals surface area contributed by atoms with Crippen molar-refractivity contribution in [2.45, 2.75) is 12.0 Å². The van der Waals surface area contributed by atoms with Crippen LogP contribution in [0, 0.1) is 0 Å². The predicted molar refractivity (Wildman–Crippen MR) is 47.6 cm³/mol. The fourth-order valence-electron chi connectivity index (χ4n) is 1.11. The van der Waals surface area contributed by atoms with Crippen LogP contribution in [0.25, 0.3) is 0 Å². The van der Waals surface area contributed by atoms with E-state index in [0.29, 0.717) is 5.56 Å². The van der Waals surface area contributed by atoms with Crippen molar-refractivity contribution in [1.29, 1.82) is 0 Å². The van der Waals surface area contributed by atoms with E-state index in [1.165, 1.54) is 7.05 Å².